The van der Waals surface area contributed by atoms with E-state index in [4.69, 9.17) is 52.1 Å². The van der Waals surface area contributed by atoms with Crippen LogP contribution in [0.2, 0.25) is 20.1 Å². The highest BCUT2D eigenvalue weighted by atomic mass is 35.5. The van der Waals surface area contributed by atoms with Crippen LogP contribution in [0.5, 0.6) is 0 Å². The van der Waals surface area contributed by atoms with E-state index in [9.17, 15) is 36.7 Å². The van der Waals surface area contributed by atoms with Gasteiger partial charge in [-0.1, -0.05) is 70.7 Å². The molecule has 10 aliphatic rings. The van der Waals surface area contributed by atoms with Crippen molar-refractivity contribution in [3.63, 3.8) is 0 Å². The molecule has 0 bridgehead atoms. The van der Waals surface area contributed by atoms with Crippen LogP contribution in [0.3, 0.4) is 0 Å². The number of amides is 8. The van der Waals surface area contributed by atoms with Crippen molar-refractivity contribution in [2.75, 3.05) is 166 Å². The molecule has 4 atom stereocenters. The number of hydrogen-bond donors (Lipinski definition) is 5. The first-order valence-corrected chi connectivity index (χ1v) is 54.2. The van der Waals surface area contributed by atoms with Crippen LogP contribution < -0.4 is 27.0 Å². The van der Waals surface area contributed by atoms with Gasteiger partial charge >= 0.3 is 24.1 Å². The molecule has 8 aromatic rings. The van der Waals surface area contributed by atoms with Gasteiger partial charge in [-0.25, -0.2) is 36.7 Å². The number of benzene rings is 4. The van der Waals surface area contributed by atoms with Crippen LogP contribution in [0.15, 0.2) is 146 Å². The predicted molar refractivity (Wildman–Crippen MR) is 561 cm³/mol. The fourth-order valence-corrected chi connectivity index (χ4v) is 25.1. The summed E-state index contributed by atoms with van der Waals surface area (Å²) in [6.07, 6.45) is 34.0. The Hall–Kier alpha value is -7.72. The highest BCUT2D eigenvalue weighted by Crippen LogP contribution is 2.41. The fourth-order valence-electron chi connectivity index (χ4n) is 20.0. The maximum atomic E-state index is 13.6. The largest absolute Gasteiger partial charge is 0.326 e. The van der Waals surface area contributed by atoms with Gasteiger partial charge in [0.25, 0.3) is 0 Å². The number of allylic oxidation sites excluding steroid dienone is 4. The van der Waals surface area contributed by atoms with E-state index in [1.165, 1.54) is 207 Å². The Morgan fingerprint density at radius 2 is 0.577 bits per heavy atom. The molecule has 738 valence electrons. The quantitative estimate of drug-likeness (QED) is 0.0260. The molecule has 4 aromatic carbocycles. The average Bonchev–Trinajstić information content (AvgIpc) is 1.79. The molecule has 6 fully saturated rings. The molecule has 4 aliphatic carbocycles. The van der Waals surface area contributed by atoms with Gasteiger partial charge in [-0.05, 0) is 384 Å². The molecule has 4 aromatic heterocycles. The lowest BCUT2D eigenvalue weighted by molar-refractivity contribution is 0.170. The second kappa shape index (κ2) is 51.8. The van der Waals surface area contributed by atoms with Gasteiger partial charge in [0.15, 0.2) is 0 Å². The number of carbonyl (C=O) groups is 4. The topological polar surface area (TPSA) is 178 Å². The first kappa shape index (κ1) is 104. The molecule has 20 nitrogen and oxygen atoms in total. The zero-order chi connectivity index (χ0) is 95.7. The van der Waals surface area contributed by atoms with E-state index >= 15 is 0 Å². The van der Waals surface area contributed by atoms with Crippen LogP contribution in [-0.4, -0.2) is 247 Å². The molecular formula is C105H134Cl4F4N16O4S4. The molecule has 0 spiro atoms. The number of rotatable bonds is 31. The number of nitrogens with one attached hydrogen (secondary N) is 4. The number of carbonyl (C=O) groups excluding carboxylic acids is 4. The third kappa shape index (κ3) is 30.4. The third-order valence-corrected chi connectivity index (χ3v) is 33.7. The monoisotopic (exact) mass is 2030 g/mol. The van der Waals surface area contributed by atoms with Crippen molar-refractivity contribution in [3.8, 4) is 0 Å². The zero-order valence-electron chi connectivity index (χ0n) is 79.2. The molecule has 0 radical (unpaired) electrons. The van der Waals surface area contributed by atoms with Gasteiger partial charge in [-0.15, -0.1) is 45.3 Å². The van der Waals surface area contributed by atoms with Gasteiger partial charge < -0.3 is 71.1 Å². The third-order valence-electron chi connectivity index (χ3n) is 27.9. The minimum absolute atomic E-state index is 0.00412. The summed E-state index contributed by atoms with van der Waals surface area (Å²) in [5.41, 5.74) is 13.4. The fraction of sp³-hybridized carbons (Fsp3) is 0.505. The Morgan fingerprint density at radius 1 is 0.336 bits per heavy atom. The summed E-state index contributed by atoms with van der Waals surface area (Å²) in [6, 6.07) is 35.0. The number of nitrogens with zero attached hydrogens (tertiary/aromatic N) is 11. The van der Waals surface area contributed by atoms with Gasteiger partial charge in [-0.3, -0.25) is 9.80 Å². The Morgan fingerprint density at radius 3 is 0.803 bits per heavy atom. The van der Waals surface area contributed by atoms with E-state index in [1.807, 2.05) is 53.6 Å². The minimum atomic E-state index is -0.494. The summed E-state index contributed by atoms with van der Waals surface area (Å²) in [7, 11) is 4.18. The second-order valence-corrected chi connectivity index (χ2v) is 44.3. The number of nitrogens with two attached hydrogens (primary N) is 1. The van der Waals surface area contributed by atoms with Crippen molar-refractivity contribution >= 4 is 161 Å². The highest BCUT2D eigenvalue weighted by Gasteiger charge is 2.35. The molecule has 0 saturated carbocycles. The minimum Gasteiger partial charge on any atom is -0.326 e. The van der Waals surface area contributed by atoms with Crippen molar-refractivity contribution in [3.05, 3.63) is 228 Å². The smallest absolute Gasteiger partial charge is 0.322 e. The average molecular weight is 2030 g/mol. The lowest BCUT2D eigenvalue weighted by Gasteiger charge is -2.35. The van der Waals surface area contributed by atoms with Crippen LogP contribution in [-0.2, 0) is 26.2 Å². The number of anilines is 4. The Kier molecular flexibility index (Phi) is 39.2. The van der Waals surface area contributed by atoms with Crippen molar-refractivity contribution in [1.82, 2.24) is 53.9 Å². The highest BCUT2D eigenvalue weighted by molar-refractivity contribution is 7.14. The molecule has 32 heteroatoms. The van der Waals surface area contributed by atoms with Crippen molar-refractivity contribution in [2.24, 2.45) is 5.73 Å². The van der Waals surface area contributed by atoms with Crippen molar-refractivity contribution in [1.29, 1.82) is 0 Å². The lowest BCUT2D eigenvalue weighted by Crippen LogP contribution is -2.47. The SMILES string of the molecule is CN(C)Cc1ccc(C2=CCC(N(CCN3CCCC3)C(=O)Nc3ccc(F)c(Cl)c3)CC2)s1.NCc1ccc(C2=CCC(N(CCN3CCCC3)C(=O)Nc3ccc(F)c(Cl)c3)CC2)s1.O=C(Nc1ccc(F)c(Cl)c1)N(CCN1CCCC1)C1CC=C(c2ccc(CN3CCC3)s2)CC1.O=C(Nc1ccc(F)c(Cl)c1)N(CCN1CCCC1)C1CC=C(c2ccc(CN3CCCC3)s2)CC1. The maximum Gasteiger partial charge on any atom is 0.322 e. The molecule has 6 aliphatic heterocycles. The zero-order valence-corrected chi connectivity index (χ0v) is 85.5. The summed E-state index contributed by atoms with van der Waals surface area (Å²) in [4.78, 5) is 88.9. The molecule has 10 heterocycles. The van der Waals surface area contributed by atoms with E-state index in [0.29, 0.717) is 55.5 Å². The maximum absolute atomic E-state index is 13.6. The molecular weight excluding hydrogens is 1900 g/mol. The van der Waals surface area contributed by atoms with Gasteiger partial charge in [0.2, 0.25) is 0 Å². The summed E-state index contributed by atoms with van der Waals surface area (Å²) >= 11 is 31.1. The van der Waals surface area contributed by atoms with Gasteiger partial charge in [-0.2, -0.15) is 0 Å². The molecule has 6 saturated heterocycles. The van der Waals surface area contributed by atoms with Crippen molar-refractivity contribution in [2.45, 2.75) is 198 Å². The van der Waals surface area contributed by atoms with E-state index in [0.717, 1.165) is 175 Å². The number of likely N-dealkylation sites (tertiary alicyclic amines) is 6. The van der Waals surface area contributed by atoms with Gasteiger partial charge in [0.1, 0.15) is 23.3 Å². The molecule has 8 amide bonds. The van der Waals surface area contributed by atoms with Gasteiger partial charge in [0, 0.05) is 164 Å². The molecule has 18 rings (SSSR count). The van der Waals surface area contributed by atoms with Crippen LogP contribution >= 0.6 is 91.8 Å². The van der Waals surface area contributed by atoms with Crippen molar-refractivity contribution < 1.29 is 36.7 Å². The van der Waals surface area contributed by atoms with E-state index in [-0.39, 0.29) is 68.4 Å². The van der Waals surface area contributed by atoms with Crippen LogP contribution in [0.1, 0.15) is 187 Å². The number of halogens is 8. The van der Waals surface area contributed by atoms with Gasteiger partial charge in [0.05, 0.1) is 20.1 Å². The van der Waals surface area contributed by atoms with E-state index in [2.05, 4.69) is 142 Å². The van der Waals surface area contributed by atoms with Crippen LogP contribution in [0, 0.1) is 23.3 Å². The number of hydrogen-bond acceptors (Lipinski definition) is 16. The number of urea groups is 4. The Balaban J connectivity index is 0.000000139. The predicted octanol–water partition coefficient (Wildman–Crippen LogP) is 24.7. The number of thiophene rings is 4. The summed E-state index contributed by atoms with van der Waals surface area (Å²) < 4.78 is 54.2. The molecule has 137 heavy (non-hydrogen) atoms. The molecule has 4 unspecified atom stereocenters. The van der Waals surface area contributed by atoms with Crippen LogP contribution in [0.25, 0.3) is 22.3 Å². The first-order valence-electron chi connectivity index (χ1n) is 49.4. The normalized spacial score (nSPS) is 20.0. The first-order chi connectivity index (χ1) is 66.5. The molecule has 6 N–H and O–H groups in total. The van der Waals surface area contributed by atoms with E-state index in [1.54, 1.807) is 35.6 Å². The van der Waals surface area contributed by atoms with Crippen LogP contribution in [0.4, 0.5) is 59.5 Å². The van der Waals surface area contributed by atoms with E-state index < -0.39 is 23.3 Å². The summed E-state index contributed by atoms with van der Waals surface area (Å²) in [5.74, 6) is -1.95. The second-order valence-electron chi connectivity index (χ2n) is 38.0. The Bertz CT molecular complexity index is 5440. The lowest BCUT2D eigenvalue weighted by atomic mass is 9.93. The summed E-state index contributed by atoms with van der Waals surface area (Å²) in [5, 5.41) is 11.8. The standard InChI is InChI=1S/C28H36ClFN4OS.C27H34ClFN4OS.C26H34ClFN4OS.C24H30ClFN4OS/c29-25-19-22(7-11-26(25)30)31-28(35)34(18-17-32-13-1-2-14-32)23-8-5-21(6-9-23)27-12-10-24(36-27)20-33-15-3-4-16-33;28-24-18-21(6-10-25(24)29)30-27(34)33(17-16-31-12-1-2-13-31)22-7-4-20(5-8-22)26-11-9-23(35-26)19-32-14-3-15-32;1-30(2)18-22-10-12-25(34-22)19-5-8-21(9-6-19)32(16-15-31-13-3-4-14-31)26(33)29-20-7-11-24(28)23(27)17-20;25-21-15-18(5-9-22(21)26)28-24(31)30(14-13-29-11-1-2-12-29)19-6-3-17(4-7-19)23-10-8-20(16-27)32-23/h5,7,10-12,19,23H,1-4,6,8-9,13-18,20H2,(H,31,35);4,6,9-11,18,22H,1-3,5,7-8,12-17,19H2,(H,30,34);5,7,10-12,17,21H,3-4,6,8-9,13-16,18H2,1-2H3,(H,29,33);3,5,8-10,15,19H,1-2,4,6-7,11-14,16,27H2,(H,28,31). The Labute approximate surface area is 843 Å². The summed E-state index contributed by atoms with van der Waals surface area (Å²) in [6.45, 7) is 23.6.